The van der Waals surface area contributed by atoms with Crippen molar-refractivity contribution in [2.75, 3.05) is 5.73 Å². The Morgan fingerprint density at radius 1 is 0.875 bits per heavy atom. The fraction of sp³-hybridized carbons (Fsp3) is 0. The second kappa shape index (κ2) is 11.3. The quantitative estimate of drug-likeness (QED) is 0.0364. The number of hydrogen-bond acceptors (Lipinski definition) is 13. The predicted molar refractivity (Wildman–Crippen MR) is 147 cm³/mol. The van der Waals surface area contributed by atoms with Crippen LogP contribution >= 0.6 is 12.0 Å². The Bertz CT molecular complexity index is 1900. The minimum absolute atomic E-state index is 0.0876. The first-order valence-electron chi connectivity index (χ1n) is 11.2. The Morgan fingerprint density at radius 3 is 2.38 bits per heavy atom. The lowest BCUT2D eigenvalue weighted by Crippen LogP contribution is -2.03. The molecular weight excluding hydrogens is 560 g/mol. The molecule has 4 aromatic carbocycles. The Labute approximate surface area is 230 Å². The van der Waals surface area contributed by atoms with E-state index in [0.717, 1.165) is 6.07 Å². The van der Waals surface area contributed by atoms with Crippen LogP contribution in [-0.4, -0.2) is 28.3 Å². The van der Waals surface area contributed by atoms with Crippen molar-refractivity contribution in [1.29, 1.82) is 0 Å². The van der Waals surface area contributed by atoms with Crippen LogP contribution in [-0.2, 0) is 19.5 Å². The van der Waals surface area contributed by atoms with Gasteiger partial charge in [-0.2, -0.15) is 13.5 Å². The maximum atomic E-state index is 11.7. The van der Waals surface area contributed by atoms with Gasteiger partial charge in [-0.3, -0.25) is 9.54 Å². The van der Waals surface area contributed by atoms with Crippen LogP contribution in [0.25, 0.3) is 21.7 Å². The van der Waals surface area contributed by atoms with Gasteiger partial charge in [0.2, 0.25) is 0 Å². The highest BCUT2D eigenvalue weighted by atomic mass is 32.2. The summed E-state index contributed by atoms with van der Waals surface area (Å²) in [7, 11) is -4.64. The smallest absolute Gasteiger partial charge is 0.296 e. The van der Waals surface area contributed by atoms with E-state index in [1.54, 1.807) is 30.5 Å². The summed E-state index contributed by atoms with van der Waals surface area (Å²) in [6, 6.07) is 19.7. The molecule has 0 spiro atoms. The van der Waals surface area contributed by atoms with Gasteiger partial charge in [0.1, 0.15) is 16.3 Å². The summed E-state index contributed by atoms with van der Waals surface area (Å²) in [6.07, 6.45) is 1.60. The van der Waals surface area contributed by atoms with Crippen molar-refractivity contribution in [1.82, 2.24) is 4.98 Å². The number of nitrogens with two attached hydrogens (primary N) is 1. The summed E-state index contributed by atoms with van der Waals surface area (Å²) in [6.45, 7) is 0. The Kier molecular flexibility index (Phi) is 7.65. The number of rotatable bonds is 8. The molecule has 202 valence electrons. The molecule has 0 aliphatic carbocycles. The minimum Gasteiger partial charge on any atom is -0.505 e. The lowest BCUT2D eigenvalue weighted by atomic mass is 10.1. The van der Waals surface area contributed by atoms with E-state index in [4.69, 9.17) is 11.0 Å². The number of aromatic nitrogens is 1. The number of nitrogen functional groups attached to an aromatic ring is 1. The average molecular weight is 579 g/mol. The number of anilines is 1. The SMILES string of the molecule is Nc1cc2c(O)c(N=Nc3ccc(N=Nc4ccccc4)c4ncccc34)c(SOOO)cc2cc1S(=O)(=O)O. The van der Waals surface area contributed by atoms with Gasteiger partial charge >= 0.3 is 0 Å². The second-order valence-electron chi connectivity index (χ2n) is 8.12. The molecule has 0 saturated carbocycles. The average Bonchev–Trinajstić information content (AvgIpc) is 2.95. The van der Waals surface area contributed by atoms with E-state index in [1.165, 1.54) is 12.1 Å². The van der Waals surface area contributed by atoms with E-state index in [1.807, 2.05) is 30.3 Å². The van der Waals surface area contributed by atoms with Crippen LogP contribution in [0.4, 0.5) is 28.4 Å². The standard InChI is InChI=1S/C25H18N6O7S2/c26-18-13-17-14(12-22(18)40(34,35)36)11-21(39-38-37-33)24(25(17)32)31-29-19-8-9-20(23-16(19)7-4-10-27-23)30-28-15-5-2-1-3-6-15/h1-13,32-33H,26H2,(H,34,35,36). The van der Waals surface area contributed by atoms with Crippen LogP contribution < -0.4 is 5.73 Å². The summed E-state index contributed by atoms with van der Waals surface area (Å²) in [5, 5.41) is 41.3. The molecule has 15 heteroatoms. The molecule has 5 rings (SSSR count). The lowest BCUT2D eigenvalue weighted by Gasteiger charge is -2.11. The molecule has 0 bridgehead atoms. The number of hydrogen-bond donors (Lipinski definition) is 4. The van der Waals surface area contributed by atoms with E-state index < -0.39 is 20.8 Å². The molecule has 13 nitrogen and oxygen atoms in total. The predicted octanol–water partition coefficient (Wildman–Crippen LogP) is 7.18. The van der Waals surface area contributed by atoms with Gasteiger partial charge in [0.05, 0.1) is 39.5 Å². The third kappa shape index (κ3) is 5.59. The first-order chi connectivity index (χ1) is 19.3. The highest BCUT2D eigenvalue weighted by molar-refractivity contribution is 7.94. The number of pyridine rings is 1. The van der Waals surface area contributed by atoms with Crippen LogP contribution in [0.1, 0.15) is 0 Å². The fourth-order valence-corrected chi connectivity index (χ4v) is 4.97. The molecule has 40 heavy (non-hydrogen) atoms. The van der Waals surface area contributed by atoms with Crippen molar-refractivity contribution in [2.24, 2.45) is 20.5 Å². The van der Waals surface area contributed by atoms with Gasteiger partial charge in [0.25, 0.3) is 10.1 Å². The van der Waals surface area contributed by atoms with Gasteiger partial charge in [-0.05, 0) is 60.0 Å². The zero-order valence-corrected chi connectivity index (χ0v) is 21.7. The number of fused-ring (bicyclic) bond motifs is 2. The number of phenols is 1. The summed E-state index contributed by atoms with van der Waals surface area (Å²) >= 11 is 0.470. The van der Waals surface area contributed by atoms with Gasteiger partial charge in [-0.15, -0.1) is 19.7 Å². The van der Waals surface area contributed by atoms with Gasteiger partial charge < -0.3 is 10.8 Å². The van der Waals surface area contributed by atoms with Gasteiger partial charge in [0.15, 0.2) is 5.75 Å². The van der Waals surface area contributed by atoms with Gasteiger partial charge in [-0.1, -0.05) is 23.2 Å². The highest BCUT2D eigenvalue weighted by Crippen LogP contribution is 2.45. The third-order valence-electron chi connectivity index (χ3n) is 5.63. The van der Waals surface area contributed by atoms with E-state index in [0.29, 0.717) is 40.0 Å². The Morgan fingerprint density at radius 2 is 1.62 bits per heavy atom. The molecule has 0 atom stereocenters. The Hall–Kier alpha value is -4.51. The van der Waals surface area contributed by atoms with Crippen LogP contribution in [0.5, 0.6) is 5.75 Å². The highest BCUT2D eigenvalue weighted by Gasteiger charge is 2.20. The van der Waals surface area contributed by atoms with E-state index >= 15 is 0 Å². The normalized spacial score (nSPS) is 12.2. The molecule has 0 fully saturated rings. The molecule has 0 aliphatic heterocycles. The van der Waals surface area contributed by atoms with Crippen molar-refractivity contribution in [3.05, 3.63) is 79.0 Å². The number of aromatic hydroxyl groups is 1. The summed E-state index contributed by atoms with van der Waals surface area (Å²) in [4.78, 5) is 3.95. The van der Waals surface area contributed by atoms with E-state index in [-0.39, 0.29) is 27.0 Å². The van der Waals surface area contributed by atoms with Crippen molar-refractivity contribution in [2.45, 2.75) is 9.79 Å². The van der Waals surface area contributed by atoms with Crippen LogP contribution in [0.15, 0.2) is 109 Å². The van der Waals surface area contributed by atoms with Crippen LogP contribution in [0.2, 0.25) is 0 Å². The van der Waals surface area contributed by atoms with Gasteiger partial charge in [0, 0.05) is 17.0 Å². The van der Waals surface area contributed by atoms with Crippen molar-refractivity contribution >= 4 is 72.3 Å². The fourth-order valence-electron chi connectivity index (χ4n) is 3.85. The van der Waals surface area contributed by atoms with Crippen molar-refractivity contribution in [3.8, 4) is 5.75 Å². The minimum atomic E-state index is -4.64. The van der Waals surface area contributed by atoms with Gasteiger partial charge in [-0.25, -0.2) is 5.26 Å². The molecule has 0 radical (unpaired) electrons. The zero-order valence-electron chi connectivity index (χ0n) is 20.1. The largest absolute Gasteiger partial charge is 0.505 e. The molecular formula is C25H18N6O7S2. The second-order valence-corrected chi connectivity index (χ2v) is 10.3. The molecule has 0 unspecified atom stereocenters. The Balaban J connectivity index is 1.60. The number of benzene rings is 4. The summed E-state index contributed by atoms with van der Waals surface area (Å²) in [5.74, 6) is -0.422. The molecule has 0 aliphatic rings. The lowest BCUT2D eigenvalue weighted by molar-refractivity contribution is -0.432. The monoisotopic (exact) mass is 578 g/mol. The maximum Gasteiger partial charge on any atom is 0.296 e. The zero-order chi connectivity index (χ0) is 28.3. The number of azo groups is 2. The summed E-state index contributed by atoms with van der Waals surface area (Å²) in [5.41, 5.74) is 7.49. The topological polar surface area (TPSA) is 202 Å². The van der Waals surface area contributed by atoms with Crippen LogP contribution in [0, 0.1) is 0 Å². The maximum absolute atomic E-state index is 11.7. The molecule has 0 amide bonds. The third-order valence-corrected chi connectivity index (χ3v) is 7.16. The molecule has 1 heterocycles. The number of phenolic OH excluding ortho intramolecular Hbond substituents is 1. The molecule has 1 aromatic heterocycles. The first-order valence-corrected chi connectivity index (χ1v) is 13.4. The van der Waals surface area contributed by atoms with E-state index in [2.05, 4.69) is 34.8 Å². The molecule has 0 saturated heterocycles. The van der Waals surface area contributed by atoms with E-state index in [9.17, 15) is 18.1 Å². The van der Waals surface area contributed by atoms with Crippen molar-refractivity contribution < 1.29 is 32.7 Å². The summed E-state index contributed by atoms with van der Waals surface area (Å²) < 4.78 is 37.4. The molecule has 5 N–H and O–H groups in total. The van der Waals surface area contributed by atoms with Crippen LogP contribution in [0.3, 0.4) is 0 Å². The first kappa shape index (κ1) is 27.1. The van der Waals surface area contributed by atoms with Crippen molar-refractivity contribution in [3.63, 3.8) is 0 Å². The number of nitrogens with zero attached hydrogens (tertiary/aromatic N) is 5. The molecule has 5 aromatic rings.